The molecular formula is C21H24O3. The first-order valence-corrected chi connectivity index (χ1v) is 8.72. The third-order valence-electron chi connectivity index (χ3n) is 6.43. The summed E-state index contributed by atoms with van der Waals surface area (Å²) in [6.45, 7) is 2.27. The van der Waals surface area contributed by atoms with E-state index in [0.717, 1.165) is 18.4 Å². The first kappa shape index (κ1) is 15.6. The average Bonchev–Trinajstić information content (AvgIpc) is 3.05. The van der Waals surface area contributed by atoms with Gasteiger partial charge in [0.1, 0.15) is 0 Å². The van der Waals surface area contributed by atoms with Crippen LogP contribution in [0.25, 0.3) is 0 Å². The predicted molar refractivity (Wildman–Crippen MR) is 92.6 cm³/mol. The summed E-state index contributed by atoms with van der Waals surface area (Å²) in [4.78, 5) is 12.4. The molecular weight excluding hydrogens is 300 g/mol. The summed E-state index contributed by atoms with van der Waals surface area (Å²) in [6.07, 6.45) is 8.77. The number of hydrogen-bond acceptors (Lipinski definition) is 3. The van der Waals surface area contributed by atoms with E-state index >= 15 is 0 Å². The molecule has 0 aromatic heterocycles. The van der Waals surface area contributed by atoms with Crippen LogP contribution in [0.3, 0.4) is 0 Å². The lowest BCUT2D eigenvalue weighted by Crippen LogP contribution is -2.51. The van der Waals surface area contributed by atoms with Crippen molar-refractivity contribution in [3.8, 4) is 0 Å². The average molecular weight is 324 g/mol. The maximum Gasteiger partial charge on any atom is 0.334 e. The first-order chi connectivity index (χ1) is 11.6. The molecule has 0 unspecified atom stereocenters. The largest absolute Gasteiger partial charge is 0.466 e. The van der Waals surface area contributed by atoms with Crippen LogP contribution in [0.1, 0.15) is 24.5 Å². The monoisotopic (exact) mass is 324 g/mol. The Morgan fingerprint density at radius 1 is 1.21 bits per heavy atom. The highest BCUT2D eigenvalue weighted by atomic mass is 16.5. The van der Waals surface area contributed by atoms with Gasteiger partial charge in [-0.25, -0.2) is 4.79 Å². The Morgan fingerprint density at radius 3 is 2.75 bits per heavy atom. The van der Waals surface area contributed by atoms with Crippen LogP contribution in [0.2, 0.25) is 0 Å². The van der Waals surface area contributed by atoms with Crippen LogP contribution in [0.4, 0.5) is 0 Å². The summed E-state index contributed by atoms with van der Waals surface area (Å²) in [7, 11) is 3.26. The summed E-state index contributed by atoms with van der Waals surface area (Å²) in [5.74, 6) is 0.694. The van der Waals surface area contributed by atoms with E-state index in [1.54, 1.807) is 7.11 Å². The molecule has 1 aromatic carbocycles. The molecule has 2 bridgehead atoms. The molecule has 1 aromatic rings. The minimum Gasteiger partial charge on any atom is -0.466 e. The van der Waals surface area contributed by atoms with E-state index in [1.807, 2.05) is 0 Å². The molecule has 3 heteroatoms. The van der Waals surface area contributed by atoms with Crippen LogP contribution < -0.4 is 0 Å². The van der Waals surface area contributed by atoms with Crippen LogP contribution in [0, 0.1) is 17.8 Å². The third-order valence-corrected chi connectivity index (χ3v) is 6.43. The number of hydrogen-bond donors (Lipinski definition) is 0. The van der Waals surface area contributed by atoms with Crippen LogP contribution in [-0.4, -0.2) is 26.3 Å². The minimum atomic E-state index is -0.200. The Hall–Kier alpha value is -1.87. The second kappa shape index (κ2) is 5.59. The van der Waals surface area contributed by atoms with Crippen LogP contribution >= 0.6 is 0 Å². The number of benzene rings is 1. The normalized spacial score (nSPS) is 36.4. The minimum absolute atomic E-state index is 0.153. The Bertz CT molecular complexity index is 732. The fourth-order valence-electron chi connectivity index (χ4n) is 5.18. The molecule has 0 amide bonds. The van der Waals surface area contributed by atoms with Gasteiger partial charge in [-0.15, -0.1) is 0 Å². The van der Waals surface area contributed by atoms with Gasteiger partial charge in [-0.2, -0.15) is 0 Å². The number of carbonyl (C=O) groups excluding carboxylic acids is 1. The SMILES string of the molecule is COC(=O)C1=C[C@]2(c3ccccc3C[C@H](OC)[C@@H]2C)[C@H]2C=C[C@H]1C2. The highest BCUT2D eigenvalue weighted by molar-refractivity contribution is 5.90. The van der Waals surface area contributed by atoms with Gasteiger partial charge in [-0.3, -0.25) is 0 Å². The number of methoxy groups -OCH3 is 2. The first-order valence-electron chi connectivity index (χ1n) is 8.72. The molecule has 4 rings (SSSR count). The molecule has 126 valence electrons. The van der Waals surface area contributed by atoms with Crippen molar-refractivity contribution in [3.63, 3.8) is 0 Å². The van der Waals surface area contributed by atoms with Crippen LogP contribution in [-0.2, 0) is 26.1 Å². The Kier molecular flexibility index (Phi) is 3.65. The fourth-order valence-corrected chi connectivity index (χ4v) is 5.18. The van der Waals surface area contributed by atoms with E-state index in [-0.39, 0.29) is 23.4 Å². The van der Waals surface area contributed by atoms with E-state index in [4.69, 9.17) is 9.47 Å². The Morgan fingerprint density at radius 2 is 2.00 bits per heavy atom. The summed E-state index contributed by atoms with van der Waals surface area (Å²) in [5, 5.41) is 0. The van der Waals surface area contributed by atoms with Gasteiger partial charge < -0.3 is 9.47 Å². The van der Waals surface area contributed by atoms with Gasteiger partial charge in [0, 0.05) is 24.0 Å². The number of fused-ring (bicyclic) bond motifs is 5. The summed E-state index contributed by atoms with van der Waals surface area (Å²) < 4.78 is 10.9. The molecule has 0 N–H and O–H groups in total. The van der Waals surface area contributed by atoms with E-state index < -0.39 is 0 Å². The maximum absolute atomic E-state index is 12.4. The quantitative estimate of drug-likeness (QED) is 0.617. The summed E-state index contributed by atoms with van der Waals surface area (Å²) in [5.41, 5.74) is 3.30. The zero-order valence-electron chi connectivity index (χ0n) is 14.5. The van der Waals surface area contributed by atoms with Crippen molar-refractivity contribution in [2.45, 2.75) is 31.3 Å². The van der Waals surface area contributed by atoms with E-state index in [0.29, 0.717) is 11.8 Å². The molecule has 3 aliphatic carbocycles. The van der Waals surface area contributed by atoms with Crippen LogP contribution in [0.15, 0.2) is 48.1 Å². The van der Waals surface area contributed by atoms with E-state index in [9.17, 15) is 4.79 Å². The molecule has 0 saturated heterocycles. The van der Waals surface area contributed by atoms with Crippen molar-refractivity contribution in [2.75, 3.05) is 14.2 Å². The smallest absolute Gasteiger partial charge is 0.334 e. The zero-order chi connectivity index (χ0) is 16.9. The van der Waals surface area contributed by atoms with E-state index in [2.05, 4.69) is 49.4 Å². The molecule has 0 radical (unpaired) electrons. The van der Waals surface area contributed by atoms with Gasteiger partial charge in [0.2, 0.25) is 0 Å². The second-order valence-corrected chi connectivity index (χ2v) is 7.28. The molecule has 0 aliphatic heterocycles. The van der Waals surface area contributed by atoms with Crippen molar-refractivity contribution < 1.29 is 14.3 Å². The molecule has 0 heterocycles. The second-order valence-electron chi connectivity index (χ2n) is 7.28. The van der Waals surface area contributed by atoms with Crippen molar-refractivity contribution in [1.29, 1.82) is 0 Å². The molecule has 24 heavy (non-hydrogen) atoms. The van der Waals surface area contributed by atoms with Crippen molar-refractivity contribution >= 4 is 5.97 Å². The van der Waals surface area contributed by atoms with Gasteiger partial charge in [0.05, 0.1) is 13.2 Å². The summed E-state index contributed by atoms with van der Waals surface area (Å²) >= 11 is 0. The molecule has 3 aliphatic rings. The van der Waals surface area contributed by atoms with Gasteiger partial charge in [-0.1, -0.05) is 49.4 Å². The van der Waals surface area contributed by atoms with Crippen molar-refractivity contribution in [1.82, 2.24) is 0 Å². The summed E-state index contributed by atoms with van der Waals surface area (Å²) in [6, 6.07) is 8.63. The lowest BCUT2D eigenvalue weighted by atomic mass is 9.54. The number of carbonyl (C=O) groups is 1. The van der Waals surface area contributed by atoms with Crippen molar-refractivity contribution in [2.24, 2.45) is 17.8 Å². The lowest BCUT2D eigenvalue weighted by Gasteiger charge is -2.51. The van der Waals surface area contributed by atoms with Gasteiger partial charge in [0.15, 0.2) is 0 Å². The number of ether oxygens (including phenoxy) is 2. The Labute approximate surface area is 143 Å². The molecule has 5 atom stereocenters. The standard InChI is InChI=1S/C21H24O3/c1-13-19(23-2)11-15-6-4-5-7-18(15)21(13)12-17(20(22)24-3)14-8-9-16(21)10-14/h4-9,12-14,16,19H,10-11H2,1-3H3/t13-,14-,16-,19-,21+/m0/s1. The molecule has 3 nitrogen and oxygen atoms in total. The number of esters is 1. The topological polar surface area (TPSA) is 35.5 Å². The van der Waals surface area contributed by atoms with E-state index in [1.165, 1.54) is 18.2 Å². The van der Waals surface area contributed by atoms with Gasteiger partial charge in [-0.05, 0) is 35.8 Å². The third kappa shape index (κ3) is 1.97. The molecule has 1 spiro atoms. The zero-order valence-corrected chi connectivity index (χ0v) is 14.5. The predicted octanol–water partition coefficient (Wildman–Crippen LogP) is 3.44. The number of allylic oxidation sites excluding steroid dienone is 3. The molecule has 0 fully saturated rings. The van der Waals surface area contributed by atoms with Crippen LogP contribution in [0.5, 0.6) is 0 Å². The maximum atomic E-state index is 12.4. The molecule has 0 saturated carbocycles. The lowest BCUT2D eigenvalue weighted by molar-refractivity contribution is -0.136. The Balaban J connectivity index is 1.96. The van der Waals surface area contributed by atoms with Gasteiger partial charge in [0.25, 0.3) is 0 Å². The fraction of sp³-hybridized carbons (Fsp3) is 0.476. The number of rotatable bonds is 2. The highest BCUT2D eigenvalue weighted by Gasteiger charge is 2.54. The van der Waals surface area contributed by atoms with Gasteiger partial charge >= 0.3 is 5.97 Å². The van der Waals surface area contributed by atoms with Crippen molar-refractivity contribution in [3.05, 3.63) is 59.2 Å². The highest BCUT2D eigenvalue weighted by Crippen LogP contribution is 2.56.